The summed E-state index contributed by atoms with van der Waals surface area (Å²) in [5, 5.41) is 0. The van der Waals surface area contributed by atoms with E-state index in [-0.39, 0.29) is 18.2 Å². The highest BCUT2D eigenvalue weighted by atomic mass is 32.2. The molecule has 1 fully saturated rings. The maximum atomic E-state index is 12.8. The molecule has 7 heteroatoms. The van der Waals surface area contributed by atoms with Crippen molar-refractivity contribution in [1.82, 2.24) is 4.31 Å². The molecule has 0 bridgehead atoms. The van der Waals surface area contributed by atoms with E-state index in [4.69, 9.17) is 4.74 Å². The lowest BCUT2D eigenvalue weighted by atomic mass is 10.2. The molecule has 0 spiro atoms. The van der Waals surface area contributed by atoms with Crippen LogP contribution in [0.5, 0.6) is 5.75 Å². The van der Waals surface area contributed by atoms with Gasteiger partial charge in [-0.3, -0.25) is 0 Å². The number of aryl methyl sites for hydroxylation is 1. The Morgan fingerprint density at radius 3 is 2.41 bits per heavy atom. The van der Waals surface area contributed by atoms with E-state index in [0.29, 0.717) is 38.3 Å². The van der Waals surface area contributed by atoms with Gasteiger partial charge in [0.1, 0.15) is 11.6 Å². The van der Waals surface area contributed by atoms with E-state index in [0.717, 1.165) is 5.69 Å². The molecule has 0 atom stereocenters. The van der Waals surface area contributed by atoms with E-state index in [1.165, 1.54) is 29.8 Å². The van der Waals surface area contributed by atoms with Gasteiger partial charge in [-0.05, 0) is 55.3 Å². The molecule has 0 N–H and O–H groups in total. The number of ether oxygens (including phenoxy) is 1. The lowest BCUT2D eigenvalue weighted by molar-refractivity contribution is 0.314. The van der Waals surface area contributed by atoms with Crippen LogP contribution in [0.3, 0.4) is 0 Å². The van der Waals surface area contributed by atoms with Gasteiger partial charge in [0.25, 0.3) is 0 Å². The third kappa shape index (κ3) is 5.43. The first-order chi connectivity index (χ1) is 12.9. The Labute approximate surface area is 160 Å². The molecule has 0 radical (unpaired) electrons. The molecule has 2 aromatic carbocycles. The predicted octanol–water partition coefficient (Wildman–Crippen LogP) is 3.06. The standard InChI is InChI=1S/C20H25FN2O3S/c1-17-4-2-5-19(16-17)22-10-12-23(13-11-22)27(24,25)15-3-14-26-20-8-6-18(21)7-9-20/h2,4-9,16H,3,10-15H2,1H3. The first-order valence-corrected chi connectivity index (χ1v) is 10.7. The van der Waals surface area contributed by atoms with Crippen molar-refractivity contribution in [2.45, 2.75) is 13.3 Å². The summed E-state index contributed by atoms with van der Waals surface area (Å²) in [6.45, 7) is 4.71. The van der Waals surface area contributed by atoms with Crippen LogP contribution in [0.4, 0.5) is 10.1 Å². The number of benzene rings is 2. The summed E-state index contributed by atoms with van der Waals surface area (Å²) < 4.78 is 45.0. The maximum absolute atomic E-state index is 12.8. The van der Waals surface area contributed by atoms with E-state index >= 15 is 0 Å². The molecule has 0 amide bonds. The Morgan fingerprint density at radius 1 is 1.04 bits per heavy atom. The summed E-state index contributed by atoms with van der Waals surface area (Å²) in [6, 6.07) is 14.0. The van der Waals surface area contributed by atoms with Gasteiger partial charge in [0.2, 0.25) is 10.0 Å². The molecular weight excluding hydrogens is 367 g/mol. The average Bonchev–Trinajstić information content (AvgIpc) is 2.67. The van der Waals surface area contributed by atoms with E-state index in [1.807, 2.05) is 6.07 Å². The van der Waals surface area contributed by atoms with Crippen molar-refractivity contribution in [2.75, 3.05) is 43.4 Å². The van der Waals surface area contributed by atoms with E-state index in [1.54, 1.807) is 4.31 Å². The first-order valence-electron chi connectivity index (χ1n) is 9.12. The second-order valence-corrected chi connectivity index (χ2v) is 8.79. The van der Waals surface area contributed by atoms with Crippen molar-refractivity contribution in [2.24, 2.45) is 0 Å². The summed E-state index contributed by atoms with van der Waals surface area (Å²) in [7, 11) is -3.29. The molecule has 1 saturated heterocycles. The van der Waals surface area contributed by atoms with Crippen LogP contribution in [0.25, 0.3) is 0 Å². The Morgan fingerprint density at radius 2 is 1.74 bits per heavy atom. The monoisotopic (exact) mass is 392 g/mol. The minimum absolute atomic E-state index is 0.0542. The molecule has 0 aliphatic carbocycles. The van der Waals surface area contributed by atoms with Crippen molar-refractivity contribution in [3.8, 4) is 5.75 Å². The van der Waals surface area contributed by atoms with Gasteiger partial charge in [0, 0.05) is 31.9 Å². The highest BCUT2D eigenvalue weighted by Gasteiger charge is 2.26. The van der Waals surface area contributed by atoms with E-state index in [9.17, 15) is 12.8 Å². The molecule has 1 aliphatic heterocycles. The Balaban J connectivity index is 1.44. The zero-order valence-corrected chi connectivity index (χ0v) is 16.3. The van der Waals surface area contributed by atoms with Crippen LogP contribution in [0.1, 0.15) is 12.0 Å². The Bertz CT molecular complexity index is 848. The summed E-state index contributed by atoms with van der Waals surface area (Å²) in [5.74, 6) is 0.272. The van der Waals surface area contributed by atoms with Gasteiger partial charge >= 0.3 is 0 Å². The van der Waals surface area contributed by atoms with Crippen LogP contribution in [0.2, 0.25) is 0 Å². The minimum Gasteiger partial charge on any atom is -0.494 e. The zero-order chi connectivity index (χ0) is 19.3. The topological polar surface area (TPSA) is 49.9 Å². The van der Waals surface area contributed by atoms with Crippen LogP contribution in [0, 0.1) is 12.7 Å². The molecule has 27 heavy (non-hydrogen) atoms. The number of sulfonamides is 1. The van der Waals surface area contributed by atoms with Crippen molar-refractivity contribution >= 4 is 15.7 Å². The molecule has 5 nitrogen and oxygen atoms in total. The maximum Gasteiger partial charge on any atom is 0.214 e. The van der Waals surface area contributed by atoms with Crippen LogP contribution in [-0.4, -0.2) is 51.3 Å². The summed E-state index contributed by atoms with van der Waals surface area (Å²) in [5.41, 5.74) is 2.34. The van der Waals surface area contributed by atoms with Gasteiger partial charge in [0.15, 0.2) is 0 Å². The SMILES string of the molecule is Cc1cccc(N2CCN(S(=O)(=O)CCCOc3ccc(F)cc3)CC2)c1. The highest BCUT2D eigenvalue weighted by molar-refractivity contribution is 7.89. The molecule has 1 heterocycles. The fourth-order valence-electron chi connectivity index (χ4n) is 3.14. The normalized spacial score (nSPS) is 15.7. The Hall–Kier alpha value is -2.12. The molecule has 3 rings (SSSR count). The molecular formula is C20H25FN2O3S. The second kappa shape index (κ2) is 8.71. The van der Waals surface area contributed by atoms with Gasteiger partial charge in [-0.1, -0.05) is 12.1 Å². The number of piperazine rings is 1. The number of rotatable bonds is 7. The largest absolute Gasteiger partial charge is 0.494 e. The third-order valence-corrected chi connectivity index (χ3v) is 6.58. The predicted molar refractivity (Wildman–Crippen MR) is 105 cm³/mol. The quantitative estimate of drug-likeness (QED) is 0.680. The van der Waals surface area contributed by atoms with Gasteiger partial charge in [0.05, 0.1) is 12.4 Å². The summed E-state index contributed by atoms with van der Waals surface area (Å²) in [6.07, 6.45) is 0.401. The highest BCUT2D eigenvalue weighted by Crippen LogP contribution is 2.19. The minimum atomic E-state index is -3.29. The average molecular weight is 392 g/mol. The van der Waals surface area contributed by atoms with Gasteiger partial charge < -0.3 is 9.64 Å². The van der Waals surface area contributed by atoms with Crippen molar-refractivity contribution in [3.05, 3.63) is 59.9 Å². The van der Waals surface area contributed by atoms with Crippen LogP contribution in [0.15, 0.2) is 48.5 Å². The fourth-order valence-corrected chi connectivity index (χ4v) is 4.60. The van der Waals surface area contributed by atoms with Crippen molar-refractivity contribution in [3.63, 3.8) is 0 Å². The summed E-state index contributed by atoms with van der Waals surface area (Å²) in [4.78, 5) is 2.22. The first kappa shape index (κ1) is 19.6. The lowest BCUT2D eigenvalue weighted by Crippen LogP contribution is -2.49. The molecule has 2 aromatic rings. The molecule has 0 saturated carbocycles. The second-order valence-electron chi connectivity index (χ2n) is 6.70. The van der Waals surface area contributed by atoms with E-state index in [2.05, 4.69) is 30.0 Å². The summed E-state index contributed by atoms with van der Waals surface area (Å²) >= 11 is 0. The van der Waals surface area contributed by atoms with Crippen LogP contribution in [-0.2, 0) is 10.0 Å². The van der Waals surface area contributed by atoms with Crippen LogP contribution < -0.4 is 9.64 Å². The number of hydrogen-bond donors (Lipinski definition) is 0. The van der Waals surface area contributed by atoms with Crippen molar-refractivity contribution < 1.29 is 17.5 Å². The van der Waals surface area contributed by atoms with E-state index < -0.39 is 10.0 Å². The fraction of sp³-hybridized carbons (Fsp3) is 0.400. The van der Waals surface area contributed by atoms with Crippen molar-refractivity contribution in [1.29, 1.82) is 0 Å². The zero-order valence-electron chi connectivity index (χ0n) is 15.5. The Kier molecular flexibility index (Phi) is 6.34. The molecule has 0 aromatic heterocycles. The number of hydrogen-bond acceptors (Lipinski definition) is 4. The van der Waals surface area contributed by atoms with Gasteiger partial charge in [-0.25, -0.2) is 12.8 Å². The number of anilines is 1. The molecule has 1 aliphatic rings. The third-order valence-electron chi connectivity index (χ3n) is 4.63. The number of halogens is 1. The van der Waals surface area contributed by atoms with Gasteiger partial charge in [-0.15, -0.1) is 0 Å². The van der Waals surface area contributed by atoms with Crippen LogP contribution >= 0.6 is 0 Å². The smallest absolute Gasteiger partial charge is 0.214 e. The molecule has 146 valence electrons. The number of nitrogens with zero attached hydrogens (tertiary/aromatic N) is 2. The molecule has 0 unspecified atom stereocenters. The van der Waals surface area contributed by atoms with Gasteiger partial charge in [-0.2, -0.15) is 4.31 Å². The lowest BCUT2D eigenvalue weighted by Gasteiger charge is -2.35.